The van der Waals surface area contributed by atoms with Crippen molar-refractivity contribution >= 4 is 17.6 Å². The van der Waals surface area contributed by atoms with Gasteiger partial charge in [0.05, 0.1) is 0 Å². The van der Waals surface area contributed by atoms with Crippen molar-refractivity contribution in [1.29, 1.82) is 0 Å². The van der Waals surface area contributed by atoms with Gasteiger partial charge in [0, 0.05) is 12.0 Å². The lowest BCUT2D eigenvalue weighted by Gasteiger charge is -2.21. The summed E-state index contributed by atoms with van der Waals surface area (Å²) in [4.78, 5) is 0. The maximum absolute atomic E-state index is 13.1. The van der Waals surface area contributed by atoms with Crippen molar-refractivity contribution in [1.82, 2.24) is 10.2 Å². The molecule has 0 bridgehead atoms. The van der Waals surface area contributed by atoms with E-state index < -0.39 is 0 Å². The van der Waals surface area contributed by atoms with Gasteiger partial charge in [0.15, 0.2) is 0 Å². The quantitative estimate of drug-likeness (QED) is 0.864. The van der Waals surface area contributed by atoms with Gasteiger partial charge >= 0.3 is 0 Å². The van der Waals surface area contributed by atoms with Crippen molar-refractivity contribution in [2.24, 2.45) is 0 Å². The Bertz CT molecular complexity index is 585. The molecule has 0 aliphatic heterocycles. The molecule has 3 rings (SSSR count). The van der Waals surface area contributed by atoms with E-state index in [0.717, 1.165) is 23.7 Å². The first-order valence-corrected chi connectivity index (χ1v) is 8.38. The van der Waals surface area contributed by atoms with Crippen LogP contribution in [0, 0.1) is 5.82 Å². The first-order valence-electron chi connectivity index (χ1n) is 7.16. The van der Waals surface area contributed by atoms with E-state index >= 15 is 0 Å². The largest absolute Gasteiger partial charge is 0.365 e. The molecule has 1 aliphatic rings. The van der Waals surface area contributed by atoms with Gasteiger partial charge < -0.3 is 5.32 Å². The fourth-order valence-electron chi connectivity index (χ4n) is 2.94. The molecule has 1 N–H and O–H groups in total. The molecule has 110 valence electrons. The minimum Gasteiger partial charge on any atom is -0.365 e. The summed E-state index contributed by atoms with van der Waals surface area (Å²) in [5, 5.41) is 12.8. The van der Waals surface area contributed by atoms with Gasteiger partial charge in [-0.25, -0.2) is 4.39 Å². The van der Waals surface area contributed by atoms with Crippen LogP contribution in [0.2, 0.25) is 0 Å². The first kappa shape index (κ1) is 14.3. The van der Waals surface area contributed by atoms with Gasteiger partial charge in [-0.15, -0.1) is 22.0 Å². The van der Waals surface area contributed by atoms with Crippen LogP contribution in [0.4, 0.5) is 10.2 Å². The molecule has 1 fully saturated rings. The summed E-state index contributed by atoms with van der Waals surface area (Å²) in [7, 11) is 0. The third-order valence-electron chi connectivity index (χ3n) is 4.00. The van der Waals surface area contributed by atoms with Crippen molar-refractivity contribution < 1.29 is 4.39 Å². The summed E-state index contributed by atoms with van der Waals surface area (Å²) >= 11 is 1.58. The molecular weight excluding hydrogens is 285 g/mol. The van der Waals surface area contributed by atoms with E-state index in [-0.39, 0.29) is 5.82 Å². The average molecular weight is 303 g/mol. The second-order valence-corrected chi connectivity index (χ2v) is 6.13. The number of halogens is 1. The Balaban J connectivity index is 1.72. The predicted molar refractivity (Wildman–Crippen MR) is 84.2 cm³/mol. The number of thioether (sulfide) groups is 1. The van der Waals surface area contributed by atoms with Gasteiger partial charge in [0.1, 0.15) is 16.7 Å². The number of hydrogen-bond acceptors (Lipinski definition) is 4. The Morgan fingerprint density at radius 1 is 1.10 bits per heavy atom. The molecule has 1 aromatic carbocycles. The zero-order valence-corrected chi connectivity index (χ0v) is 12.7. The van der Waals surface area contributed by atoms with Gasteiger partial charge in [-0.2, -0.15) is 0 Å². The van der Waals surface area contributed by atoms with Gasteiger partial charge in [0.25, 0.3) is 0 Å². The molecule has 2 atom stereocenters. The molecule has 0 saturated heterocycles. The number of benzene rings is 1. The van der Waals surface area contributed by atoms with E-state index in [9.17, 15) is 4.39 Å². The number of nitrogens with one attached hydrogen (secondary N) is 1. The second-order valence-electron chi connectivity index (χ2n) is 5.30. The molecule has 1 aliphatic carbocycles. The minimum absolute atomic E-state index is 0.181. The summed E-state index contributed by atoms with van der Waals surface area (Å²) in [6.45, 7) is 0. The molecule has 1 saturated carbocycles. The molecular formula is C16H18FN3S. The van der Waals surface area contributed by atoms with Crippen LogP contribution in [0.15, 0.2) is 41.4 Å². The molecule has 1 heterocycles. The van der Waals surface area contributed by atoms with Crippen LogP contribution in [0.1, 0.15) is 30.7 Å². The smallest absolute Gasteiger partial charge is 0.148 e. The van der Waals surface area contributed by atoms with Crippen molar-refractivity contribution in [3.05, 3.63) is 47.8 Å². The van der Waals surface area contributed by atoms with E-state index in [4.69, 9.17) is 0 Å². The van der Waals surface area contributed by atoms with Crippen molar-refractivity contribution in [3.8, 4) is 0 Å². The maximum atomic E-state index is 13.1. The topological polar surface area (TPSA) is 37.8 Å². The Kier molecular flexibility index (Phi) is 4.39. The van der Waals surface area contributed by atoms with E-state index in [1.54, 1.807) is 11.8 Å². The highest BCUT2D eigenvalue weighted by atomic mass is 32.2. The molecule has 1 aromatic heterocycles. The molecule has 5 heteroatoms. The normalized spacial score (nSPS) is 21.4. The standard InChI is InChI=1S/C16H18FN3S/c1-21-16-10-9-15(19-20-16)18-14-4-2-3-13(14)11-5-7-12(17)8-6-11/h5-10,13-14H,2-4H2,1H3,(H,18,19). The molecule has 0 amide bonds. The van der Waals surface area contributed by atoms with Gasteiger partial charge in [-0.1, -0.05) is 18.6 Å². The van der Waals surface area contributed by atoms with Gasteiger partial charge in [0.2, 0.25) is 0 Å². The van der Waals surface area contributed by atoms with Crippen LogP contribution in [-0.4, -0.2) is 22.5 Å². The molecule has 21 heavy (non-hydrogen) atoms. The number of anilines is 1. The summed E-state index contributed by atoms with van der Waals surface area (Å²) in [6.07, 6.45) is 5.39. The van der Waals surface area contributed by atoms with Gasteiger partial charge in [-0.3, -0.25) is 0 Å². The monoisotopic (exact) mass is 303 g/mol. The Hall–Kier alpha value is -1.62. The van der Waals surface area contributed by atoms with E-state index in [2.05, 4.69) is 15.5 Å². The van der Waals surface area contributed by atoms with Crippen molar-refractivity contribution in [2.45, 2.75) is 36.2 Å². The number of hydrogen-bond donors (Lipinski definition) is 1. The average Bonchev–Trinajstić information content (AvgIpc) is 2.97. The SMILES string of the molecule is CSc1ccc(NC2CCCC2c2ccc(F)cc2)nn1. The Labute approximate surface area is 128 Å². The fourth-order valence-corrected chi connectivity index (χ4v) is 3.26. The van der Waals surface area contributed by atoms with Crippen LogP contribution in [0.5, 0.6) is 0 Å². The molecule has 0 radical (unpaired) electrons. The molecule has 0 spiro atoms. The highest BCUT2D eigenvalue weighted by Crippen LogP contribution is 2.36. The first-order chi connectivity index (χ1) is 10.3. The van der Waals surface area contributed by atoms with Crippen molar-refractivity contribution in [2.75, 3.05) is 11.6 Å². The minimum atomic E-state index is -0.181. The Morgan fingerprint density at radius 2 is 1.90 bits per heavy atom. The lowest BCUT2D eigenvalue weighted by molar-refractivity contribution is 0.618. The predicted octanol–water partition coefficient (Wildman–Crippen LogP) is 4.09. The van der Waals surface area contributed by atoms with Gasteiger partial charge in [-0.05, 0) is 48.9 Å². The summed E-state index contributed by atoms with van der Waals surface area (Å²) in [5.74, 6) is 1.04. The third kappa shape index (κ3) is 3.35. The zero-order chi connectivity index (χ0) is 14.7. The lowest BCUT2D eigenvalue weighted by atomic mass is 9.94. The lowest BCUT2D eigenvalue weighted by Crippen LogP contribution is -2.23. The number of rotatable bonds is 4. The van der Waals surface area contributed by atoms with Crippen LogP contribution < -0.4 is 5.32 Å². The summed E-state index contributed by atoms with van der Waals surface area (Å²) in [6, 6.07) is 11.1. The third-order valence-corrected chi connectivity index (χ3v) is 4.63. The Morgan fingerprint density at radius 3 is 2.57 bits per heavy atom. The zero-order valence-electron chi connectivity index (χ0n) is 11.9. The van der Waals surface area contributed by atoms with Crippen LogP contribution in [0.25, 0.3) is 0 Å². The van der Waals surface area contributed by atoms with Crippen LogP contribution in [0.3, 0.4) is 0 Å². The number of aromatic nitrogens is 2. The summed E-state index contributed by atoms with van der Waals surface area (Å²) < 4.78 is 13.1. The highest BCUT2D eigenvalue weighted by Gasteiger charge is 2.28. The summed E-state index contributed by atoms with van der Waals surface area (Å²) in [5.41, 5.74) is 1.19. The highest BCUT2D eigenvalue weighted by molar-refractivity contribution is 7.98. The van der Waals surface area contributed by atoms with Crippen LogP contribution >= 0.6 is 11.8 Å². The van der Waals surface area contributed by atoms with E-state index in [0.29, 0.717) is 12.0 Å². The molecule has 2 unspecified atom stereocenters. The van der Waals surface area contributed by atoms with Crippen molar-refractivity contribution in [3.63, 3.8) is 0 Å². The fraction of sp³-hybridized carbons (Fsp3) is 0.375. The van der Waals surface area contributed by atoms with Crippen LogP contribution in [-0.2, 0) is 0 Å². The number of nitrogens with zero attached hydrogens (tertiary/aromatic N) is 2. The maximum Gasteiger partial charge on any atom is 0.148 e. The molecule has 2 aromatic rings. The van der Waals surface area contributed by atoms with E-state index in [1.165, 1.54) is 24.1 Å². The van der Waals surface area contributed by atoms with E-state index in [1.807, 2.05) is 30.5 Å². The second kappa shape index (κ2) is 6.43. The molecule has 3 nitrogen and oxygen atoms in total.